The predicted octanol–water partition coefficient (Wildman–Crippen LogP) is 3.51. The molecule has 2 unspecified atom stereocenters. The molecule has 0 amide bonds. The molecule has 1 aliphatic rings. The van der Waals surface area contributed by atoms with E-state index in [0.717, 1.165) is 43.1 Å². The van der Waals surface area contributed by atoms with Crippen molar-refractivity contribution in [2.45, 2.75) is 58.8 Å². The number of rotatable bonds is 5. The van der Waals surface area contributed by atoms with Gasteiger partial charge in [0.25, 0.3) is 0 Å². The van der Waals surface area contributed by atoms with E-state index in [9.17, 15) is 4.79 Å². The van der Waals surface area contributed by atoms with Crippen LogP contribution in [0.15, 0.2) is 6.20 Å². The van der Waals surface area contributed by atoms with Crippen LogP contribution in [0.5, 0.6) is 0 Å². The first-order chi connectivity index (χ1) is 9.65. The summed E-state index contributed by atoms with van der Waals surface area (Å²) in [4.78, 5) is 21.0. The van der Waals surface area contributed by atoms with E-state index in [1.165, 1.54) is 6.42 Å². The Balaban J connectivity index is 2.24. The maximum absolute atomic E-state index is 11.9. The Labute approximate surface area is 121 Å². The zero-order chi connectivity index (χ0) is 14.5. The monoisotopic (exact) mass is 276 g/mol. The van der Waals surface area contributed by atoms with Crippen LogP contribution < -0.4 is 0 Å². The van der Waals surface area contributed by atoms with Crippen molar-refractivity contribution >= 4 is 5.97 Å². The molecule has 110 valence electrons. The molecule has 1 aromatic rings. The normalized spacial score (nSPS) is 21.9. The summed E-state index contributed by atoms with van der Waals surface area (Å²) in [5, 5.41) is 0. The minimum Gasteiger partial charge on any atom is -0.462 e. The minimum atomic E-state index is -0.303. The lowest BCUT2D eigenvalue weighted by Crippen LogP contribution is -2.13. The zero-order valence-corrected chi connectivity index (χ0v) is 12.7. The fourth-order valence-corrected chi connectivity index (χ4v) is 2.88. The van der Waals surface area contributed by atoms with Crippen LogP contribution in [0.1, 0.15) is 74.2 Å². The molecule has 0 saturated heterocycles. The lowest BCUT2D eigenvalue weighted by atomic mass is 10.0. The molecule has 1 fully saturated rings. The highest BCUT2D eigenvalue weighted by molar-refractivity contribution is 5.90. The van der Waals surface area contributed by atoms with E-state index in [4.69, 9.17) is 4.74 Å². The lowest BCUT2D eigenvalue weighted by Gasteiger charge is -2.12. The quantitative estimate of drug-likeness (QED) is 0.772. The second-order valence-corrected chi connectivity index (χ2v) is 5.67. The molecule has 2 atom stereocenters. The molecule has 20 heavy (non-hydrogen) atoms. The lowest BCUT2D eigenvalue weighted by molar-refractivity contribution is 0.0523. The molecule has 1 saturated carbocycles. The summed E-state index contributed by atoms with van der Waals surface area (Å²) in [7, 11) is 0. The van der Waals surface area contributed by atoms with Crippen molar-refractivity contribution in [1.29, 1.82) is 0 Å². The maximum Gasteiger partial charge on any atom is 0.341 e. The second kappa shape index (κ2) is 6.82. The molecule has 4 heteroatoms. The molecule has 0 aromatic carbocycles. The van der Waals surface area contributed by atoms with Crippen molar-refractivity contribution < 1.29 is 9.53 Å². The van der Waals surface area contributed by atoms with Crippen LogP contribution in [0.25, 0.3) is 0 Å². The number of aromatic nitrogens is 2. The van der Waals surface area contributed by atoms with Crippen molar-refractivity contribution in [2.75, 3.05) is 6.61 Å². The van der Waals surface area contributed by atoms with Gasteiger partial charge in [0.05, 0.1) is 17.9 Å². The molecule has 1 heterocycles. The Morgan fingerprint density at radius 1 is 1.40 bits per heavy atom. The average molecular weight is 276 g/mol. The molecule has 1 aromatic heterocycles. The number of carbonyl (C=O) groups is 1. The summed E-state index contributed by atoms with van der Waals surface area (Å²) in [5.41, 5.74) is 1.37. The summed E-state index contributed by atoms with van der Waals surface area (Å²) in [6.45, 7) is 6.56. The van der Waals surface area contributed by atoms with Gasteiger partial charge in [-0.1, -0.05) is 20.3 Å². The fourth-order valence-electron chi connectivity index (χ4n) is 2.88. The molecule has 0 bridgehead atoms. The van der Waals surface area contributed by atoms with Gasteiger partial charge in [0, 0.05) is 12.1 Å². The number of nitrogens with zero attached hydrogens (tertiary/aromatic N) is 2. The van der Waals surface area contributed by atoms with E-state index >= 15 is 0 Å². The maximum atomic E-state index is 11.9. The summed E-state index contributed by atoms with van der Waals surface area (Å²) in [6, 6.07) is 0. The highest BCUT2D eigenvalue weighted by atomic mass is 16.5. The number of aryl methyl sites for hydroxylation is 1. The van der Waals surface area contributed by atoms with E-state index < -0.39 is 0 Å². The number of esters is 1. The molecular weight excluding hydrogens is 252 g/mol. The van der Waals surface area contributed by atoms with Crippen LogP contribution in [-0.2, 0) is 11.2 Å². The average Bonchev–Trinajstić information content (AvgIpc) is 2.86. The van der Waals surface area contributed by atoms with Gasteiger partial charge in [-0.2, -0.15) is 0 Å². The van der Waals surface area contributed by atoms with Gasteiger partial charge in [0.15, 0.2) is 0 Å². The largest absolute Gasteiger partial charge is 0.462 e. The zero-order valence-electron chi connectivity index (χ0n) is 12.7. The van der Waals surface area contributed by atoms with Crippen LogP contribution in [0, 0.1) is 5.92 Å². The third-order valence-electron chi connectivity index (χ3n) is 3.93. The molecule has 0 spiro atoms. The molecule has 4 nitrogen and oxygen atoms in total. The molecule has 2 rings (SSSR count). The fraction of sp³-hybridized carbons (Fsp3) is 0.688. The Morgan fingerprint density at radius 2 is 2.20 bits per heavy atom. The van der Waals surface area contributed by atoms with E-state index in [-0.39, 0.29) is 5.97 Å². The standard InChI is InChI=1S/C16H24N2O2/c1-4-6-14-13(16(19)20-5-2)10-17-15(18-14)12-8-7-11(3)9-12/h10-12H,4-9H2,1-3H3. The van der Waals surface area contributed by atoms with Gasteiger partial charge in [-0.25, -0.2) is 14.8 Å². The van der Waals surface area contributed by atoms with Crippen LogP contribution in [0.3, 0.4) is 0 Å². The Kier molecular flexibility index (Phi) is 5.10. The molecule has 0 N–H and O–H groups in total. The van der Waals surface area contributed by atoms with E-state index in [2.05, 4.69) is 23.8 Å². The van der Waals surface area contributed by atoms with Gasteiger partial charge in [0.1, 0.15) is 5.82 Å². The number of hydrogen-bond acceptors (Lipinski definition) is 4. The van der Waals surface area contributed by atoms with E-state index in [1.807, 2.05) is 6.92 Å². The summed E-state index contributed by atoms with van der Waals surface area (Å²) >= 11 is 0. The predicted molar refractivity (Wildman–Crippen MR) is 77.7 cm³/mol. The Morgan fingerprint density at radius 3 is 2.80 bits per heavy atom. The van der Waals surface area contributed by atoms with E-state index in [1.54, 1.807) is 6.20 Å². The van der Waals surface area contributed by atoms with Crippen molar-refractivity contribution in [1.82, 2.24) is 9.97 Å². The van der Waals surface area contributed by atoms with Crippen LogP contribution in [0.2, 0.25) is 0 Å². The topological polar surface area (TPSA) is 52.1 Å². The Hall–Kier alpha value is -1.45. The first-order valence-corrected chi connectivity index (χ1v) is 7.68. The van der Waals surface area contributed by atoms with Crippen molar-refractivity contribution in [3.63, 3.8) is 0 Å². The molecule has 1 aliphatic carbocycles. The highest BCUT2D eigenvalue weighted by Crippen LogP contribution is 2.36. The first-order valence-electron chi connectivity index (χ1n) is 7.68. The molecule has 0 radical (unpaired) electrons. The number of carbonyl (C=O) groups excluding carboxylic acids is 1. The van der Waals surface area contributed by atoms with Crippen LogP contribution in [0.4, 0.5) is 0 Å². The third-order valence-corrected chi connectivity index (χ3v) is 3.93. The number of hydrogen-bond donors (Lipinski definition) is 0. The van der Waals surface area contributed by atoms with Gasteiger partial charge in [0.2, 0.25) is 0 Å². The summed E-state index contributed by atoms with van der Waals surface area (Å²) in [6.07, 6.45) is 6.98. The van der Waals surface area contributed by atoms with Gasteiger partial charge >= 0.3 is 5.97 Å². The highest BCUT2D eigenvalue weighted by Gasteiger charge is 2.26. The van der Waals surface area contributed by atoms with Crippen molar-refractivity contribution in [3.05, 3.63) is 23.3 Å². The van der Waals surface area contributed by atoms with Gasteiger partial charge in [-0.3, -0.25) is 0 Å². The SMILES string of the molecule is CCCc1nc(C2CCC(C)C2)ncc1C(=O)OCC. The second-order valence-electron chi connectivity index (χ2n) is 5.67. The molecule has 0 aliphatic heterocycles. The Bertz CT molecular complexity index is 474. The van der Waals surface area contributed by atoms with Crippen molar-refractivity contribution in [2.24, 2.45) is 5.92 Å². The summed E-state index contributed by atoms with van der Waals surface area (Å²) in [5.74, 6) is 1.81. The number of ether oxygens (including phenoxy) is 1. The van der Waals surface area contributed by atoms with Gasteiger partial charge in [-0.15, -0.1) is 0 Å². The van der Waals surface area contributed by atoms with Crippen LogP contribution >= 0.6 is 0 Å². The van der Waals surface area contributed by atoms with Gasteiger partial charge < -0.3 is 4.74 Å². The third kappa shape index (κ3) is 3.35. The first kappa shape index (κ1) is 14.9. The van der Waals surface area contributed by atoms with Gasteiger partial charge in [-0.05, 0) is 38.5 Å². The van der Waals surface area contributed by atoms with E-state index in [0.29, 0.717) is 18.1 Å². The molecular formula is C16H24N2O2. The van der Waals surface area contributed by atoms with Crippen LogP contribution in [-0.4, -0.2) is 22.5 Å². The van der Waals surface area contributed by atoms with Crippen molar-refractivity contribution in [3.8, 4) is 0 Å². The summed E-state index contributed by atoms with van der Waals surface area (Å²) < 4.78 is 5.08. The smallest absolute Gasteiger partial charge is 0.341 e. The minimum absolute atomic E-state index is 0.303.